The summed E-state index contributed by atoms with van der Waals surface area (Å²) in [7, 11) is 0. The van der Waals surface area contributed by atoms with Gasteiger partial charge in [0.2, 0.25) is 0 Å². The van der Waals surface area contributed by atoms with Crippen molar-refractivity contribution in [3.8, 4) is 0 Å². The monoisotopic (exact) mass is 330 g/mol. The minimum atomic E-state index is -2.88. The molecule has 0 spiro atoms. The summed E-state index contributed by atoms with van der Waals surface area (Å²) in [4.78, 5) is 0. The maximum atomic E-state index is 13.9. The SMILES string of the molecule is OC(/C=C/c1ccccc1)[C@@H]1[C@H](COCc2ccccc2)C1(F)F. The highest BCUT2D eigenvalue weighted by molar-refractivity contribution is 5.49. The average molecular weight is 330 g/mol. The van der Waals surface area contributed by atoms with Crippen molar-refractivity contribution in [1.82, 2.24) is 0 Å². The second-order valence-electron chi connectivity index (χ2n) is 6.07. The number of hydrogen-bond acceptors (Lipinski definition) is 2. The minimum absolute atomic E-state index is 0.0528. The molecule has 0 radical (unpaired) electrons. The first kappa shape index (κ1) is 16.8. The van der Waals surface area contributed by atoms with Crippen LogP contribution in [-0.4, -0.2) is 23.7 Å². The van der Waals surface area contributed by atoms with Gasteiger partial charge in [-0.2, -0.15) is 0 Å². The van der Waals surface area contributed by atoms with Gasteiger partial charge in [0.25, 0.3) is 5.92 Å². The number of benzene rings is 2. The Hall–Kier alpha value is -2.04. The van der Waals surface area contributed by atoms with Crippen molar-refractivity contribution in [2.75, 3.05) is 6.61 Å². The predicted octanol–water partition coefficient (Wildman–Crippen LogP) is 4.16. The number of rotatable bonds is 7. The number of aliphatic hydroxyl groups excluding tert-OH is 1. The second kappa shape index (κ2) is 7.24. The molecule has 126 valence electrons. The first-order valence-corrected chi connectivity index (χ1v) is 8.00. The number of hydrogen-bond donors (Lipinski definition) is 1. The highest BCUT2D eigenvalue weighted by Crippen LogP contribution is 2.57. The lowest BCUT2D eigenvalue weighted by molar-refractivity contribution is 0.0395. The van der Waals surface area contributed by atoms with E-state index in [1.165, 1.54) is 6.08 Å². The Morgan fingerprint density at radius 3 is 2.33 bits per heavy atom. The van der Waals surface area contributed by atoms with E-state index < -0.39 is 23.9 Å². The summed E-state index contributed by atoms with van der Waals surface area (Å²) in [6.45, 7) is 0.249. The van der Waals surface area contributed by atoms with Crippen LogP contribution in [0.3, 0.4) is 0 Å². The number of halogens is 2. The summed E-state index contributed by atoms with van der Waals surface area (Å²) < 4.78 is 33.2. The number of aliphatic hydroxyl groups is 1. The molecule has 3 rings (SSSR count). The van der Waals surface area contributed by atoms with Gasteiger partial charge >= 0.3 is 0 Å². The maximum absolute atomic E-state index is 13.9. The van der Waals surface area contributed by atoms with Crippen LogP contribution in [0.4, 0.5) is 8.78 Å². The largest absolute Gasteiger partial charge is 0.388 e. The Kier molecular flexibility index (Phi) is 5.07. The van der Waals surface area contributed by atoms with Crippen LogP contribution in [0.1, 0.15) is 11.1 Å². The van der Waals surface area contributed by atoms with Crippen molar-refractivity contribution in [2.24, 2.45) is 11.8 Å². The van der Waals surface area contributed by atoms with Crippen LogP contribution in [0.5, 0.6) is 0 Å². The lowest BCUT2D eigenvalue weighted by Gasteiger charge is -2.05. The van der Waals surface area contributed by atoms with Gasteiger partial charge in [-0.25, -0.2) is 8.78 Å². The standard InChI is InChI=1S/C20H20F2O2/c21-20(22)17(14-24-13-16-9-5-2-6-10-16)19(20)18(23)12-11-15-7-3-1-4-8-15/h1-12,17-19,23H,13-14H2/b12-11+/t17-,18?,19-/m0/s1. The van der Waals surface area contributed by atoms with Crippen LogP contribution in [0.15, 0.2) is 66.7 Å². The molecule has 0 saturated heterocycles. The third-order valence-corrected chi connectivity index (χ3v) is 4.33. The Balaban J connectivity index is 1.51. The van der Waals surface area contributed by atoms with Crippen molar-refractivity contribution in [3.63, 3.8) is 0 Å². The Morgan fingerprint density at radius 2 is 1.67 bits per heavy atom. The van der Waals surface area contributed by atoms with Crippen LogP contribution in [-0.2, 0) is 11.3 Å². The van der Waals surface area contributed by atoms with Crippen LogP contribution in [0, 0.1) is 11.8 Å². The molecule has 1 fully saturated rings. The van der Waals surface area contributed by atoms with Crippen LogP contribution in [0.25, 0.3) is 6.08 Å². The first-order chi connectivity index (χ1) is 11.6. The van der Waals surface area contributed by atoms with Gasteiger partial charge in [0.15, 0.2) is 0 Å². The molecule has 1 saturated carbocycles. The summed E-state index contributed by atoms with van der Waals surface area (Å²) >= 11 is 0. The van der Waals surface area contributed by atoms with E-state index in [2.05, 4.69) is 0 Å². The van der Waals surface area contributed by atoms with Crippen LogP contribution >= 0.6 is 0 Å². The van der Waals surface area contributed by atoms with Crippen molar-refractivity contribution in [1.29, 1.82) is 0 Å². The third-order valence-electron chi connectivity index (χ3n) is 4.33. The molecule has 0 aliphatic heterocycles. The molecular formula is C20H20F2O2. The quantitative estimate of drug-likeness (QED) is 0.826. The molecule has 0 heterocycles. The second-order valence-corrected chi connectivity index (χ2v) is 6.07. The molecule has 24 heavy (non-hydrogen) atoms. The number of alkyl halides is 2. The Morgan fingerprint density at radius 1 is 1.04 bits per heavy atom. The molecule has 1 unspecified atom stereocenters. The van der Waals surface area contributed by atoms with Crippen molar-refractivity contribution < 1.29 is 18.6 Å². The lowest BCUT2D eigenvalue weighted by Crippen LogP contribution is -2.11. The minimum Gasteiger partial charge on any atom is -0.388 e. The van der Waals surface area contributed by atoms with Gasteiger partial charge < -0.3 is 9.84 Å². The van der Waals surface area contributed by atoms with Gasteiger partial charge in [0, 0.05) is 0 Å². The molecule has 0 amide bonds. The normalized spacial score (nSPS) is 23.3. The summed E-state index contributed by atoms with van der Waals surface area (Å²) in [5.41, 5.74) is 1.82. The molecular weight excluding hydrogens is 310 g/mol. The Bertz CT molecular complexity index is 671. The molecule has 1 aliphatic rings. The Labute approximate surface area is 140 Å². The van der Waals surface area contributed by atoms with Crippen LogP contribution < -0.4 is 0 Å². The zero-order valence-corrected chi connectivity index (χ0v) is 13.2. The molecule has 2 aromatic carbocycles. The van der Waals surface area contributed by atoms with E-state index in [9.17, 15) is 13.9 Å². The molecule has 1 aliphatic carbocycles. The van der Waals surface area contributed by atoms with Gasteiger partial charge in [-0.15, -0.1) is 0 Å². The summed E-state index contributed by atoms with van der Waals surface area (Å²) in [5, 5.41) is 10.1. The molecule has 0 bridgehead atoms. The van der Waals surface area contributed by atoms with E-state index in [4.69, 9.17) is 4.74 Å². The van der Waals surface area contributed by atoms with Crippen molar-refractivity contribution >= 4 is 6.08 Å². The smallest absolute Gasteiger partial charge is 0.259 e. The zero-order chi connectivity index (χ0) is 17.0. The highest BCUT2D eigenvalue weighted by Gasteiger charge is 2.70. The summed E-state index contributed by atoms with van der Waals surface area (Å²) in [6.07, 6.45) is 1.93. The van der Waals surface area contributed by atoms with Crippen molar-refractivity contribution in [2.45, 2.75) is 18.6 Å². The average Bonchev–Trinajstić information content (AvgIpc) is 3.15. The fourth-order valence-corrected chi connectivity index (χ4v) is 2.87. The fourth-order valence-electron chi connectivity index (χ4n) is 2.87. The zero-order valence-electron chi connectivity index (χ0n) is 13.2. The van der Waals surface area contributed by atoms with Crippen molar-refractivity contribution in [3.05, 3.63) is 77.9 Å². The summed E-state index contributed by atoms with van der Waals surface area (Å²) in [5.74, 6) is -4.89. The van der Waals surface area contributed by atoms with Gasteiger partial charge in [0.05, 0.1) is 31.2 Å². The molecule has 1 N–H and O–H groups in total. The fraction of sp³-hybridized carbons (Fsp3) is 0.300. The van der Waals surface area contributed by atoms with E-state index in [0.717, 1.165) is 11.1 Å². The predicted molar refractivity (Wildman–Crippen MR) is 89.5 cm³/mol. The number of ether oxygens (including phenoxy) is 1. The van der Waals surface area contributed by atoms with E-state index in [1.807, 2.05) is 60.7 Å². The molecule has 2 aromatic rings. The van der Waals surface area contributed by atoms with E-state index >= 15 is 0 Å². The van der Waals surface area contributed by atoms with Gasteiger partial charge in [0.1, 0.15) is 0 Å². The van der Waals surface area contributed by atoms with Gasteiger partial charge in [-0.05, 0) is 11.1 Å². The molecule has 4 heteroatoms. The van der Waals surface area contributed by atoms with Gasteiger partial charge in [-0.3, -0.25) is 0 Å². The lowest BCUT2D eigenvalue weighted by atomic mass is 10.1. The van der Waals surface area contributed by atoms with Crippen LogP contribution in [0.2, 0.25) is 0 Å². The van der Waals surface area contributed by atoms with E-state index in [-0.39, 0.29) is 6.61 Å². The maximum Gasteiger partial charge on any atom is 0.259 e. The molecule has 0 aromatic heterocycles. The first-order valence-electron chi connectivity index (χ1n) is 8.00. The van der Waals surface area contributed by atoms with Gasteiger partial charge in [-0.1, -0.05) is 72.8 Å². The highest BCUT2D eigenvalue weighted by atomic mass is 19.3. The van der Waals surface area contributed by atoms with E-state index in [1.54, 1.807) is 6.08 Å². The molecule has 3 atom stereocenters. The summed E-state index contributed by atoms with van der Waals surface area (Å²) in [6, 6.07) is 18.7. The topological polar surface area (TPSA) is 29.5 Å². The molecule has 2 nitrogen and oxygen atoms in total. The third kappa shape index (κ3) is 3.89. The van der Waals surface area contributed by atoms with E-state index in [0.29, 0.717) is 6.61 Å².